The van der Waals surface area contributed by atoms with Crippen molar-refractivity contribution in [2.24, 2.45) is 0 Å². The predicted octanol–water partition coefficient (Wildman–Crippen LogP) is 3.01. The van der Waals surface area contributed by atoms with Gasteiger partial charge in [0.1, 0.15) is 6.16 Å². The summed E-state index contributed by atoms with van der Waals surface area (Å²) in [4.78, 5) is 0. The monoisotopic (exact) mass is 202 g/mol. The molecule has 0 aromatic rings. The summed E-state index contributed by atoms with van der Waals surface area (Å²) in [5.41, 5.74) is 0. The van der Waals surface area contributed by atoms with E-state index in [9.17, 15) is 17.7 Å². The second kappa shape index (κ2) is 4.10. The Hall–Kier alpha value is -0.280. The molecule has 12 heavy (non-hydrogen) atoms. The van der Waals surface area contributed by atoms with Crippen molar-refractivity contribution in [1.29, 1.82) is 0 Å². The Morgan fingerprint density at radius 3 is 2.33 bits per heavy atom. The van der Waals surface area contributed by atoms with E-state index in [-0.39, 0.29) is 6.61 Å². The third-order valence-corrected chi connectivity index (χ3v) is 3.08. The zero-order valence-electron chi connectivity index (χ0n) is 6.60. The molecule has 0 aromatic heterocycles. The lowest BCUT2D eigenvalue weighted by Gasteiger charge is -2.14. The fraction of sp³-hybridized carbons (Fsp3) is 0.667. The van der Waals surface area contributed by atoms with Gasteiger partial charge in [-0.3, -0.25) is 4.57 Å². The van der Waals surface area contributed by atoms with Crippen LogP contribution in [0.4, 0.5) is 13.2 Å². The topological polar surface area (TPSA) is 26.3 Å². The molecule has 1 atom stereocenters. The molecule has 0 amide bonds. The van der Waals surface area contributed by atoms with Gasteiger partial charge in [0, 0.05) is 0 Å². The Labute approximate surface area is 68.9 Å². The molecule has 2 nitrogen and oxygen atoms in total. The number of halogens is 3. The smallest absolute Gasteiger partial charge is 0.326 e. The summed E-state index contributed by atoms with van der Waals surface area (Å²) in [6, 6.07) is 0. The molecule has 0 aliphatic heterocycles. The Morgan fingerprint density at radius 1 is 1.58 bits per heavy atom. The van der Waals surface area contributed by atoms with Gasteiger partial charge in [0.25, 0.3) is 0 Å². The van der Waals surface area contributed by atoms with Crippen LogP contribution in [0, 0.1) is 0 Å². The maximum atomic E-state index is 11.8. The Kier molecular flexibility index (Phi) is 4.00. The lowest BCUT2D eigenvalue weighted by Crippen LogP contribution is -2.14. The number of hydrogen-bond donors (Lipinski definition) is 0. The molecule has 0 aromatic carbocycles. The summed E-state index contributed by atoms with van der Waals surface area (Å²) in [7, 11) is -3.68. The fourth-order valence-electron chi connectivity index (χ4n) is 0.631. The summed E-state index contributed by atoms with van der Waals surface area (Å²) in [5.74, 6) is 0.740. The van der Waals surface area contributed by atoms with Gasteiger partial charge in [-0.05, 0) is 12.7 Å². The summed E-state index contributed by atoms with van der Waals surface area (Å²) >= 11 is 0. The van der Waals surface area contributed by atoms with E-state index in [2.05, 4.69) is 11.1 Å². The highest BCUT2D eigenvalue weighted by Gasteiger charge is 2.37. The third-order valence-electron chi connectivity index (χ3n) is 1.03. The maximum Gasteiger partial charge on any atom is 0.398 e. The standard InChI is InChI=1S/C6H10F3O2P/c1-3-11-12(10,4-2)5-6(7,8)9/h4H,2-3,5H2,1H3. The molecular formula is C6H10F3O2P. The van der Waals surface area contributed by atoms with Crippen LogP contribution in [0.1, 0.15) is 6.92 Å². The van der Waals surface area contributed by atoms with Gasteiger partial charge in [-0.1, -0.05) is 6.58 Å². The first-order valence-corrected chi connectivity index (χ1v) is 5.14. The SMILES string of the molecule is C=CP(=O)(CC(F)(F)F)OCC. The summed E-state index contributed by atoms with van der Waals surface area (Å²) < 4.78 is 50.9. The van der Waals surface area contributed by atoms with Crippen molar-refractivity contribution in [3.05, 3.63) is 12.4 Å². The first-order valence-electron chi connectivity index (χ1n) is 3.26. The van der Waals surface area contributed by atoms with Crippen LogP contribution in [0.15, 0.2) is 12.4 Å². The number of rotatable bonds is 4. The minimum atomic E-state index is -4.47. The molecule has 0 aliphatic carbocycles. The fourth-order valence-corrected chi connectivity index (χ4v) is 1.89. The first kappa shape index (κ1) is 11.7. The Balaban J connectivity index is 4.35. The van der Waals surface area contributed by atoms with Crippen molar-refractivity contribution >= 4 is 7.37 Å². The van der Waals surface area contributed by atoms with E-state index in [0.717, 1.165) is 5.82 Å². The predicted molar refractivity (Wildman–Crippen MR) is 40.4 cm³/mol. The lowest BCUT2D eigenvalue weighted by atomic mass is 10.8. The van der Waals surface area contributed by atoms with Crippen LogP contribution in [0.25, 0.3) is 0 Å². The molecule has 72 valence electrons. The molecular weight excluding hydrogens is 192 g/mol. The van der Waals surface area contributed by atoms with Gasteiger partial charge in [0.05, 0.1) is 6.61 Å². The van der Waals surface area contributed by atoms with Crippen LogP contribution in [0.2, 0.25) is 0 Å². The molecule has 0 saturated heterocycles. The van der Waals surface area contributed by atoms with Crippen LogP contribution in [0.3, 0.4) is 0 Å². The van der Waals surface area contributed by atoms with Crippen LogP contribution in [-0.2, 0) is 9.09 Å². The van der Waals surface area contributed by atoms with E-state index < -0.39 is 19.7 Å². The van der Waals surface area contributed by atoms with Crippen LogP contribution in [0.5, 0.6) is 0 Å². The molecule has 0 rings (SSSR count). The highest BCUT2D eigenvalue weighted by Crippen LogP contribution is 2.51. The third kappa shape index (κ3) is 4.57. The van der Waals surface area contributed by atoms with Crippen molar-refractivity contribution in [2.45, 2.75) is 13.1 Å². The van der Waals surface area contributed by atoms with E-state index in [4.69, 9.17) is 0 Å². The molecule has 0 radical (unpaired) electrons. The molecule has 0 aliphatic rings. The average molecular weight is 202 g/mol. The van der Waals surface area contributed by atoms with E-state index in [1.807, 2.05) is 0 Å². The van der Waals surface area contributed by atoms with Gasteiger partial charge in [0.15, 0.2) is 0 Å². The summed E-state index contributed by atoms with van der Waals surface area (Å²) in [6.07, 6.45) is -5.91. The largest absolute Gasteiger partial charge is 0.398 e. The molecule has 0 fully saturated rings. The first-order chi connectivity index (χ1) is 5.33. The van der Waals surface area contributed by atoms with Gasteiger partial charge in [-0.2, -0.15) is 13.2 Å². The van der Waals surface area contributed by atoms with Crippen LogP contribution in [-0.4, -0.2) is 18.9 Å². The van der Waals surface area contributed by atoms with Gasteiger partial charge in [-0.25, -0.2) is 0 Å². The Bertz CT molecular complexity index is 199. The van der Waals surface area contributed by atoms with Crippen LogP contribution >= 0.6 is 7.37 Å². The molecule has 1 unspecified atom stereocenters. The van der Waals surface area contributed by atoms with Crippen molar-refractivity contribution in [3.8, 4) is 0 Å². The van der Waals surface area contributed by atoms with Gasteiger partial charge >= 0.3 is 6.18 Å². The van der Waals surface area contributed by atoms with Gasteiger partial charge in [-0.15, -0.1) is 0 Å². The molecule has 0 N–H and O–H groups in total. The van der Waals surface area contributed by atoms with Gasteiger partial charge in [0.2, 0.25) is 7.37 Å². The zero-order chi connectivity index (χ0) is 9.83. The summed E-state index contributed by atoms with van der Waals surface area (Å²) in [6.45, 7) is 4.51. The molecule has 0 heterocycles. The minimum Gasteiger partial charge on any atom is -0.326 e. The second-order valence-corrected chi connectivity index (χ2v) is 4.49. The lowest BCUT2D eigenvalue weighted by molar-refractivity contribution is -0.108. The quantitative estimate of drug-likeness (QED) is 0.655. The minimum absolute atomic E-state index is 0.0145. The van der Waals surface area contributed by atoms with Crippen molar-refractivity contribution in [3.63, 3.8) is 0 Å². The van der Waals surface area contributed by atoms with E-state index >= 15 is 0 Å². The van der Waals surface area contributed by atoms with E-state index in [1.165, 1.54) is 6.92 Å². The summed E-state index contributed by atoms with van der Waals surface area (Å²) in [5, 5.41) is 0. The number of hydrogen-bond acceptors (Lipinski definition) is 2. The maximum absolute atomic E-state index is 11.8. The second-order valence-electron chi connectivity index (χ2n) is 2.10. The van der Waals surface area contributed by atoms with Crippen molar-refractivity contribution < 1.29 is 22.3 Å². The normalized spacial score (nSPS) is 17.0. The van der Waals surface area contributed by atoms with Crippen molar-refractivity contribution in [1.82, 2.24) is 0 Å². The Morgan fingerprint density at radius 2 is 2.08 bits per heavy atom. The van der Waals surface area contributed by atoms with Crippen molar-refractivity contribution in [2.75, 3.05) is 12.8 Å². The molecule has 0 bridgehead atoms. The highest BCUT2D eigenvalue weighted by molar-refractivity contribution is 7.62. The van der Waals surface area contributed by atoms with Gasteiger partial charge < -0.3 is 4.52 Å². The van der Waals surface area contributed by atoms with E-state index in [1.54, 1.807) is 0 Å². The zero-order valence-corrected chi connectivity index (χ0v) is 7.49. The highest BCUT2D eigenvalue weighted by atomic mass is 31.2. The molecule has 6 heteroatoms. The number of alkyl halides is 3. The molecule has 0 spiro atoms. The average Bonchev–Trinajstić information content (AvgIpc) is 1.84. The van der Waals surface area contributed by atoms with Crippen LogP contribution < -0.4 is 0 Å². The van der Waals surface area contributed by atoms with E-state index in [0.29, 0.717) is 0 Å². The molecule has 0 saturated carbocycles.